The Morgan fingerprint density at radius 3 is 2.50 bits per heavy atom. The van der Waals surface area contributed by atoms with E-state index in [1.54, 1.807) is 11.3 Å². The largest absolute Gasteiger partial charge is 0.327 e. The van der Waals surface area contributed by atoms with Gasteiger partial charge in [-0.3, -0.25) is 4.98 Å². The van der Waals surface area contributed by atoms with Gasteiger partial charge in [-0.25, -0.2) is 0 Å². The van der Waals surface area contributed by atoms with Crippen LogP contribution in [0.5, 0.6) is 0 Å². The Kier molecular flexibility index (Phi) is 4.89. The minimum Gasteiger partial charge on any atom is -0.327 e. The van der Waals surface area contributed by atoms with Crippen LogP contribution in [0.25, 0.3) is 49.2 Å². The summed E-state index contributed by atoms with van der Waals surface area (Å²) in [5, 5.41) is 5.58. The normalized spacial score (nSPS) is 13.6. The van der Waals surface area contributed by atoms with Gasteiger partial charge in [-0.2, -0.15) is 11.3 Å². The van der Waals surface area contributed by atoms with Crippen LogP contribution >= 0.6 is 11.3 Å². The number of hydrogen-bond donors (Lipinski definition) is 0. The van der Waals surface area contributed by atoms with Gasteiger partial charge in [0.25, 0.3) is 0 Å². The summed E-state index contributed by atoms with van der Waals surface area (Å²) in [5.74, 6) is 0. The summed E-state index contributed by atoms with van der Waals surface area (Å²) < 4.78 is 2.40. The van der Waals surface area contributed by atoms with Crippen molar-refractivity contribution in [2.24, 2.45) is 0 Å². The van der Waals surface area contributed by atoms with E-state index in [-0.39, 0.29) is 25.5 Å². The van der Waals surface area contributed by atoms with Gasteiger partial charge in [-0.15, -0.1) is 29.8 Å². The van der Waals surface area contributed by atoms with E-state index in [9.17, 15) is 0 Å². The van der Waals surface area contributed by atoms with Crippen LogP contribution < -0.4 is 0 Å². The standard InChI is InChI=1S/C30H21N2S.Ir/c1-30(2)25-12-5-3-10-21(25)23-17-24-22-11-4-6-13-27(22)32(28(24)18-26(23)30)20-9-7-8-19(16-20)29-31-14-15-33-29;/h3-7,9-18H,1-2H3;/q-1;. The summed E-state index contributed by atoms with van der Waals surface area (Å²) in [4.78, 5) is 4.50. The topological polar surface area (TPSA) is 17.8 Å². The Bertz CT molecular complexity index is 1690. The molecule has 0 saturated carbocycles. The summed E-state index contributed by atoms with van der Waals surface area (Å²) in [6.45, 7) is 4.68. The zero-order chi connectivity index (χ0) is 22.2. The summed E-state index contributed by atoms with van der Waals surface area (Å²) in [6, 6.07) is 32.1. The molecule has 6 aromatic rings. The van der Waals surface area contributed by atoms with Gasteiger partial charge in [-0.1, -0.05) is 56.3 Å². The molecule has 7 rings (SSSR count). The van der Waals surface area contributed by atoms with Crippen molar-refractivity contribution in [2.75, 3.05) is 0 Å². The van der Waals surface area contributed by atoms with E-state index in [1.807, 2.05) is 17.6 Å². The van der Waals surface area contributed by atoms with Crippen molar-refractivity contribution in [3.8, 4) is 27.4 Å². The molecule has 4 heteroatoms. The molecule has 167 valence electrons. The maximum absolute atomic E-state index is 4.50. The first kappa shape index (κ1) is 21.5. The molecule has 2 aromatic heterocycles. The van der Waals surface area contributed by atoms with Gasteiger partial charge >= 0.3 is 0 Å². The second-order valence-corrected chi connectivity index (χ2v) is 10.1. The van der Waals surface area contributed by atoms with Crippen LogP contribution in [0.4, 0.5) is 0 Å². The van der Waals surface area contributed by atoms with Gasteiger partial charge in [0.2, 0.25) is 0 Å². The molecular weight excluding hydrogens is 613 g/mol. The first-order valence-corrected chi connectivity index (χ1v) is 12.1. The zero-order valence-electron chi connectivity index (χ0n) is 18.8. The number of nitrogens with zero attached hydrogens (tertiary/aromatic N) is 2. The first-order valence-electron chi connectivity index (χ1n) is 11.2. The molecule has 0 amide bonds. The number of benzene rings is 4. The third-order valence-corrected chi connectivity index (χ3v) is 7.89. The minimum atomic E-state index is -0.0298. The zero-order valence-corrected chi connectivity index (χ0v) is 22.0. The first-order chi connectivity index (χ1) is 16.1. The molecule has 2 nitrogen and oxygen atoms in total. The van der Waals surface area contributed by atoms with Crippen molar-refractivity contribution in [3.63, 3.8) is 0 Å². The summed E-state index contributed by atoms with van der Waals surface area (Å²) >= 11 is 1.65. The summed E-state index contributed by atoms with van der Waals surface area (Å²) in [7, 11) is 0. The van der Waals surface area contributed by atoms with Crippen molar-refractivity contribution in [1.29, 1.82) is 0 Å². The van der Waals surface area contributed by atoms with E-state index in [0.29, 0.717) is 0 Å². The summed E-state index contributed by atoms with van der Waals surface area (Å²) in [6.07, 6.45) is 1.85. The smallest absolute Gasteiger partial charge is 0.0527 e. The molecule has 0 saturated heterocycles. The number of aromatic nitrogens is 2. The van der Waals surface area contributed by atoms with Crippen LogP contribution in [-0.2, 0) is 25.5 Å². The van der Waals surface area contributed by atoms with E-state index >= 15 is 0 Å². The molecule has 0 unspecified atom stereocenters. The van der Waals surface area contributed by atoms with E-state index in [4.69, 9.17) is 0 Å². The Balaban J connectivity index is 0.00000217. The van der Waals surface area contributed by atoms with E-state index in [2.05, 4.69) is 102 Å². The van der Waals surface area contributed by atoms with Gasteiger partial charge in [0.05, 0.1) is 11.0 Å². The predicted octanol–water partition coefficient (Wildman–Crippen LogP) is 8.01. The Hall–Kier alpha value is -3.04. The number of fused-ring (bicyclic) bond motifs is 6. The molecule has 0 N–H and O–H groups in total. The van der Waals surface area contributed by atoms with E-state index in [1.165, 1.54) is 44.1 Å². The fourth-order valence-corrected chi connectivity index (χ4v) is 6.13. The molecule has 0 atom stereocenters. The van der Waals surface area contributed by atoms with Crippen LogP contribution in [0.2, 0.25) is 0 Å². The van der Waals surface area contributed by atoms with Crippen molar-refractivity contribution >= 4 is 33.1 Å². The molecule has 1 aliphatic rings. The molecule has 1 aliphatic carbocycles. The Morgan fingerprint density at radius 1 is 0.824 bits per heavy atom. The molecule has 0 spiro atoms. The van der Waals surface area contributed by atoms with Crippen LogP contribution in [0, 0.1) is 6.07 Å². The SMILES string of the molecule is CC1(C)c2ccccc2-c2cc3c4ccccc4n(-c4cc[c-]c(-c5nccs5)c4)c3cc21.[Ir]. The van der Waals surface area contributed by atoms with Crippen LogP contribution in [0.15, 0.2) is 90.4 Å². The second-order valence-electron chi connectivity index (χ2n) is 9.24. The number of rotatable bonds is 2. The average molecular weight is 634 g/mol. The van der Waals surface area contributed by atoms with Crippen molar-refractivity contribution in [2.45, 2.75) is 19.3 Å². The molecule has 0 fully saturated rings. The third kappa shape index (κ3) is 2.93. The van der Waals surface area contributed by atoms with E-state index < -0.39 is 0 Å². The fourth-order valence-electron chi connectivity index (χ4n) is 5.51. The predicted molar refractivity (Wildman–Crippen MR) is 138 cm³/mol. The molecule has 1 radical (unpaired) electrons. The van der Waals surface area contributed by atoms with Gasteiger partial charge in [0, 0.05) is 52.9 Å². The van der Waals surface area contributed by atoms with Crippen molar-refractivity contribution in [3.05, 3.63) is 108 Å². The van der Waals surface area contributed by atoms with Gasteiger partial charge in [0.1, 0.15) is 0 Å². The maximum atomic E-state index is 4.50. The fraction of sp³-hybridized carbons (Fsp3) is 0.100. The van der Waals surface area contributed by atoms with Gasteiger partial charge in [-0.05, 0) is 46.1 Å². The third-order valence-electron chi connectivity index (χ3n) is 7.08. The molecule has 2 heterocycles. The molecule has 0 bridgehead atoms. The number of para-hydroxylation sites is 1. The quantitative estimate of drug-likeness (QED) is 0.177. The second kappa shape index (κ2) is 7.74. The van der Waals surface area contributed by atoms with Crippen LogP contribution in [0.1, 0.15) is 25.0 Å². The molecule has 34 heavy (non-hydrogen) atoms. The Morgan fingerprint density at radius 2 is 1.65 bits per heavy atom. The van der Waals surface area contributed by atoms with Crippen LogP contribution in [-0.4, -0.2) is 9.55 Å². The van der Waals surface area contributed by atoms with Gasteiger partial charge in [0.15, 0.2) is 0 Å². The van der Waals surface area contributed by atoms with E-state index in [0.717, 1.165) is 16.3 Å². The van der Waals surface area contributed by atoms with Gasteiger partial charge < -0.3 is 4.57 Å². The van der Waals surface area contributed by atoms with Crippen molar-refractivity contribution in [1.82, 2.24) is 9.55 Å². The summed E-state index contributed by atoms with van der Waals surface area (Å²) in [5.41, 5.74) is 10.1. The van der Waals surface area contributed by atoms with Crippen molar-refractivity contribution < 1.29 is 20.1 Å². The Labute approximate surface area is 216 Å². The molecule has 0 aliphatic heterocycles. The molecular formula is C30H21IrN2S-. The van der Waals surface area contributed by atoms with Crippen LogP contribution in [0.3, 0.4) is 0 Å². The molecule has 4 aromatic carbocycles. The minimum absolute atomic E-state index is 0. The number of thiazole rings is 1. The monoisotopic (exact) mass is 634 g/mol. The average Bonchev–Trinajstić information content (AvgIpc) is 3.54. The number of hydrogen-bond acceptors (Lipinski definition) is 2. The maximum Gasteiger partial charge on any atom is 0.0527 e.